The number of fused-ring (bicyclic) bond motifs is 1. The number of carbonyl (C=O) groups excluding carboxylic acids is 1. The van der Waals surface area contributed by atoms with Crippen LogP contribution in [0.3, 0.4) is 0 Å². The minimum absolute atomic E-state index is 0.00948. The maximum absolute atomic E-state index is 12.1. The molecule has 0 spiro atoms. The molecule has 1 N–H and O–H groups in total. The van der Waals surface area contributed by atoms with Gasteiger partial charge in [-0.3, -0.25) is 4.79 Å². The molecule has 0 aliphatic heterocycles. The van der Waals surface area contributed by atoms with E-state index >= 15 is 0 Å². The number of nitrogens with zero attached hydrogens (tertiary/aromatic N) is 2. The van der Waals surface area contributed by atoms with E-state index < -0.39 is 0 Å². The van der Waals surface area contributed by atoms with E-state index in [0.29, 0.717) is 13.2 Å². The average Bonchev–Trinajstić information content (AvgIpc) is 3.41. The summed E-state index contributed by atoms with van der Waals surface area (Å²) in [4.78, 5) is 17.6. The van der Waals surface area contributed by atoms with Crippen LogP contribution in [0, 0.1) is 0 Å². The van der Waals surface area contributed by atoms with Crippen LogP contribution in [0.4, 0.5) is 0 Å². The van der Waals surface area contributed by atoms with Crippen molar-refractivity contribution in [3.8, 4) is 5.75 Å². The number of hydrogen-bond acceptors (Lipinski definition) is 4. The second-order valence-corrected chi connectivity index (χ2v) is 7.61. The van der Waals surface area contributed by atoms with Crippen molar-refractivity contribution in [2.24, 2.45) is 0 Å². The molecular formula is C23H23N3O2S. The first-order valence-corrected chi connectivity index (χ1v) is 10.6. The van der Waals surface area contributed by atoms with Crippen molar-refractivity contribution >= 4 is 28.3 Å². The van der Waals surface area contributed by atoms with E-state index in [1.165, 1.54) is 11.3 Å². The number of carbonyl (C=O) groups is 1. The van der Waals surface area contributed by atoms with E-state index in [9.17, 15) is 4.79 Å². The zero-order valence-corrected chi connectivity index (χ0v) is 16.9. The number of imidazole rings is 1. The standard InChI is InChI=1S/C23H23N3O2S/c27-23(21-12-7-17-29-21)24-14-6-13-22-25-19-10-4-5-11-20(19)26(22)15-16-28-18-8-2-1-3-9-18/h1-5,7-12,17H,6,13-16H2,(H,24,27). The van der Waals surface area contributed by atoms with Crippen molar-refractivity contribution in [1.82, 2.24) is 14.9 Å². The first-order chi connectivity index (χ1) is 14.3. The van der Waals surface area contributed by atoms with Crippen LogP contribution in [0.25, 0.3) is 11.0 Å². The fourth-order valence-electron chi connectivity index (χ4n) is 3.28. The highest BCUT2D eigenvalue weighted by Crippen LogP contribution is 2.18. The van der Waals surface area contributed by atoms with Crippen molar-refractivity contribution in [3.63, 3.8) is 0 Å². The highest BCUT2D eigenvalue weighted by atomic mass is 32.1. The number of ether oxygens (including phenoxy) is 1. The highest BCUT2D eigenvalue weighted by Gasteiger charge is 2.11. The smallest absolute Gasteiger partial charge is 0.261 e. The Labute approximate surface area is 174 Å². The van der Waals surface area contributed by atoms with E-state index in [1.807, 2.05) is 66.0 Å². The zero-order valence-electron chi connectivity index (χ0n) is 16.1. The van der Waals surface area contributed by atoms with Crippen molar-refractivity contribution in [2.75, 3.05) is 13.2 Å². The van der Waals surface area contributed by atoms with Gasteiger partial charge < -0.3 is 14.6 Å². The monoisotopic (exact) mass is 405 g/mol. The molecule has 29 heavy (non-hydrogen) atoms. The molecule has 0 atom stereocenters. The summed E-state index contributed by atoms with van der Waals surface area (Å²) in [5, 5.41) is 4.89. The van der Waals surface area contributed by atoms with Gasteiger partial charge in [-0.1, -0.05) is 36.4 Å². The third-order valence-electron chi connectivity index (χ3n) is 4.67. The highest BCUT2D eigenvalue weighted by molar-refractivity contribution is 7.12. The number of aromatic nitrogens is 2. The van der Waals surface area contributed by atoms with E-state index in [-0.39, 0.29) is 5.91 Å². The predicted octanol–water partition coefficient (Wildman–Crippen LogP) is 4.54. The molecule has 6 heteroatoms. The third kappa shape index (κ3) is 4.84. The van der Waals surface area contributed by atoms with E-state index in [0.717, 1.165) is 46.9 Å². The van der Waals surface area contributed by atoms with Crippen LogP contribution in [0.5, 0.6) is 5.75 Å². The number of benzene rings is 2. The third-order valence-corrected chi connectivity index (χ3v) is 5.54. The Morgan fingerprint density at radius 1 is 1.03 bits per heavy atom. The zero-order chi connectivity index (χ0) is 19.9. The molecule has 0 radical (unpaired) electrons. The molecule has 0 aliphatic carbocycles. The van der Waals surface area contributed by atoms with Gasteiger partial charge in [0.25, 0.3) is 5.91 Å². The summed E-state index contributed by atoms with van der Waals surface area (Å²) in [7, 11) is 0. The van der Waals surface area contributed by atoms with Gasteiger partial charge in [-0.2, -0.15) is 0 Å². The molecular weight excluding hydrogens is 382 g/mol. The summed E-state index contributed by atoms with van der Waals surface area (Å²) in [5.41, 5.74) is 2.10. The van der Waals surface area contributed by atoms with Crippen LogP contribution < -0.4 is 10.1 Å². The van der Waals surface area contributed by atoms with Crippen LogP contribution >= 0.6 is 11.3 Å². The number of thiophene rings is 1. The van der Waals surface area contributed by atoms with Gasteiger partial charge in [0.05, 0.1) is 22.5 Å². The Balaban J connectivity index is 1.37. The van der Waals surface area contributed by atoms with Crippen molar-refractivity contribution in [1.29, 1.82) is 0 Å². The van der Waals surface area contributed by atoms with Gasteiger partial charge in [-0.05, 0) is 42.1 Å². The van der Waals surface area contributed by atoms with Gasteiger partial charge in [0.1, 0.15) is 18.2 Å². The molecule has 0 unspecified atom stereocenters. The summed E-state index contributed by atoms with van der Waals surface area (Å²) in [5.74, 6) is 1.88. The minimum Gasteiger partial charge on any atom is -0.492 e. The fourth-order valence-corrected chi connectivity index (χ4v) is 3.92. The van der Waals surface area contributed by atoms with Crippen LogP contribution in [0.1, 0.15) is 21.9 Å². The lowest BCUT2D eigenvalue weighted by atomic mass is 10.3. The maximum atomic E-state index is 12.1. The van der Waals surface area contributed by atoms with Crippen molar-refractivity contribution in [3.05, 3.63) is 82.8 Å². The summed E-state index contributed by atoms with van der Waals surface area (Å²) in [6.07, 6.45) is 1.63. The molecule has 2 aromatic heterocycles. The topological polar surface area (TPSA) is 56.2 Å². The molecule has 2 aromatic carbocycles. The number of amides is 1. The van der Waals surface area contributed by atoms with Gasteiger partial charge >= 0.3 is 0 Å². The molecule has 4 aromatic rings. The number of nitrogens with one attached hydrogen (secondary N) is 1. The van der Waals surface area contributed by atoms with Gasteiger partial charge in [0, 0.05) is 13.0 Å². The second kappa shape index (κ2) is 9.39. The molecule has 0 saturated heterocycles. The molecule has 0 fully saturated rings. The lowest BCUT2D eigenvalue weighted by Crippen LogP contribution is -2.24. The summed E-state index contributed by atoms with van der Waals surface area (Å²) < 4.78 is 8.10. The Kier molecular flexibility index (Phi) is 6.22. The van der Waals surface area contributed by atoms with E-state index in [2.05, 4.69) is 16.0 Å². The normalized spacial score (nSPS) is 10.9. The maximum Gasteiger partial charge on any atom is 0.261 e. The van der Waals surface area contributed by atoms with Gasteiger partial charge in [0.2, 0.25) is 0 Å². The lowest BCUT2D eigenvalue weighted by molar-refractivity contribution is 0.0957. The predicted molar refractivity (Wildman–Crippen MR) is 117 cm³/mol. The van der Waals surface area contributed by atoms with Gasteiger partial charge in [0.15, 0.2) is 0 Å². The molecule has 0 saturated carbocycles. The first kappa shape index (κ1) is 19.2. The molecule has 148 valence electrons. The summed E-state index contributed by atoms with van der Waals surface area (Å²) in [6.45, 7) is 1.93. The molecule has 5 nitrogen and oxygen atoms in total. The fraction of sp³-hybridized carbons (Fsp3) is 0.217. The number of rotatable bonds is 9. The molecule has 0 aliphatic rings. The average molecular weight is 406 g/mol. The molecule has 0 bridgehead atoms. The van der Waals surface area contributed by atoms with Crippen LogP contribution in [-0.2, 0) is 13.0 Å². The van der Waals surface area contributed by atoms with E-state index in [4.69, 9.17) is 9.72 Å². The lowest BCUT2D eigenvalue weighted by Gasteiger charge is -2.11. The number of aryl methyl sites for hydroxylation is 1. The first-order valence-electron chi connectivity index (χ1n) is 9.75. The largest absolute Gasteiger partial charge is 0.492 e. The Morgan fingerprint density at radius 3 is 2.69 bits per heavy atom. The van der Waals surface area contributed by atoms with Gasteiger partial charge in [-0.15, -0.1) is 11.3 Å². The van der Waals surface area contributed by atoms with Gasteiger partial charge in [-0.25, -0.2) is 4.98 Å². The Hall–Kier alpha value is -3.12. The minimum atomic E-state index is -0.00948. The summed E-state index contributed by atoms with van der Waals surface area (Å²) >= 11 is 1.46. The van der Waals surface area contributed by atoms with Crippen LogP contribution in [0.2, 0.25) is 0 Å². The van der Waals surface area contributed by atoms with E-state index in [1.54, 1.807) is 0 Å². The van der Waals surface area contributed by atoms with Crippen LogP contribution in [-0.4, -0.2) is 28.6 Å². The second-order valence-electron chi connectivity index (χ2n) is 6.67. The quantitative estimate of drug-likeness (QED) is 0.416. The Morgan fingerprint density at radius 2 is 1.86 bits per heavy atom. The number of hydrogen-bond donors (Lipinski definition) is 1. The van der Waals surface area contributed by atoms with Crippen LogP contribution in [0.15, 0.2) is 72.1 Å². The van der Waals surface area contributed by atoms with Crippen molar-refractivity contribution in [2.45, 2.75) is 19.4 Å². The molecule has 4 rings (SSSR count). The molecule has 2 heterocycles. The van der Waals surface area contributed by atoms with Crippen molar-refractivity contribution < 1.29 is 9.53 Å². The Bertz CT molecular complexity index is 1060. The summed E-state index contributed by atoms with van der Waals surface area (Å²) in [6, 6.07) is 21.7. The number of para-hydroxylation sites is 3. The molecule has 1 amide bonds. The SMILES string of the molecule is O=C(NCCCc1nc2ccccc2n1CCOc1ccccc1)c1cccs1.